The van der Waals surface area contributed by atoms with E-state index in [-0.39, 0.29) is 0 Å². The number of aliphatic carboxylic acids is 1. The molecule has 1 aromatic rings. The molecule has 0 saturated carbocycles. The van der Waals surface area contributed by atoms with Crippen LogP contribution in [0.1, 0.15) is 6.42 Å². The molecule has 1 aliphatic rings. The second-order valence-corrected chi connectivity index (χ2v) is 6.00. The summed E-state index contributed by atoms with van der Waals surface area (Å²) in [6, 6.07) is 9.32. The predicted molar refractivity (Wildman–Crippen MR) is 87.8 cm³/mol. The number of hydrogen-bond acceptors (Lipinski definition) is 5. The number of para-hydroxylation sites is 1. The molecule has 0 amide bonds. The van der Waals surface area contributed by atoms with Crippen LogP contribution in [0.15, 0.2) is 30.3 Å². The van der Waals surface area contributed by atoms with Gasteiger partial charge in [-0.3, -0.25) is 5.01 Å². The average molecular weight is 309 g/mol. The molecule has 1 unspecified atom stereocenters. The lowest BCUT2D eigenvalue weighted by atomic mass is 10.2. The van der Waals surface area contributed by atoms with Crippen molar-refractivity contribution >= 4 is 23.4 Å². The molecule has 0 spiro atoms. The molecule has 0 aliphatic carbocycles. The van der Waals surface area contributed by atoms with E-state index in [1.165, 1.54) is 0 Å². The smallest absolute Gasteiger partial charge is 0.327 e. The van der Waals surface area contributed by atoms with Crippen LogP contribution in [0.3, 0.4) is 0 Å². The molecule has 0 bridgehead atoms. The number of benzene rings is 1. The van der Waals surface area contributed by atoms with Crippen molar-refractivity contribution in [3.8, 4) is 0 Å². The van der Waals surface area contributed by atoms with Crippen LogP contribution in [0.4, 0.5) is 5.69 Å². The molecule has 1 atom stereocenters. The SMILES string of the molecule is CSCCC(C(=O)O)N(c1ccccc1)N1CCNCC1. The van der Waals surface area contributed by atoms with Crippen LogP contribution in [0.5, 0.6) is 0 Å². The van der Waals surface area contributed by atoms with Crippen molar-refractivity contribution in [2.45, 2.75) is 12.5 Å². The maximum atomic E-state index is 11.8. The standard InChI is InChI=1S/C15H23N3O2S/c1-21-12-7-14(15(19)20)18(13-5-3-2-4-6-13)17-10-8-16-9-11-17/h2-6,14,16H,7-12H2,1H3,(H,19,20). The lowest BCUT2D eigenvalue weighted by Crippen LogP contribution is -2.58. The summed E-state index contributed by atoms with van der Waals surface area (Å²) in [5, 5.41) is 17.1. The Morgan fingerprint density at radius 3 is 2.62 bits per heavy atom. The summed E-state index contributed by atoms with van der Waals surface area (Å²) in [4.78, 5) is 11.8. The molecule has 1 heterocycles. The molecular formula is C15H23N3O2S. The minimum atomic E-state index is -0.758. The zero-order valence-electron chi connectivity index (χ0n) is 12.4. The lowest BCUT2D eigenvalue weighted by molar-refractivity contribution is -0.139. The van der Waals surface area contributed by atoms with Gasteiger partial charge >= 0.3 is 5.97 Å². The maximum absolute atomic E-state index is 11.8. The number of carboxylic acid groups (broad SMARTS) is 1. The number of thioether (sulfide) groups is 1. The minimum absolute atomic E-state index is 0.516. The van der Waals surface area contributed by atoms with Crippen molar-refractivity contribution in [2.24, 2.45) is 0 Å². The summed E-state index contributed by atoms with van der Waals surface area (Å²) < 4.78 is 0. The first-order valence-electron chi connectivity index (χ1n) is 7.25. The van der Waals surface area contributed by atoms with Gasteiger partial charge in [0, 0.05) is 26.2 Å². The first-order chi connectivity index (χ1) is 10.2. The van der Waals surface area contributed by atoms with Gasteiger partial charge in [0.25, 0.3) is 0 Å². The van der Waals surface area contributed by atoms with E-state index in [1.807, 2.05) is 41.6 Å². The summed E-state index contributed by atoms with van der Waals surface area (Å²) in [5.41, 5.74) is 0.952. The molecule has 1 aliphatic heterocycles. The summed E-state index contributed by atoms with van der Waals surface area (Å²) in [5.74, 6) is 0.0817. The Hall–Kier alpha value is -1.24. The second kappa shape index (κ2) is 8.26. The van der Waals surface area contributed by atoms with Gasteiger partial charge < -0.3 is 10.4 Å². The number of hydrogen-bond donors (Lipinski definition) is 2. The van der Waals surface area contributed by atoms with E-state index in [4.69, 9.17) is 0 Å². The fraction of sp³-hybridized carbons (Fsp3) is 0.533. The van der Waals surface area contributed by atoms with E-state index in [9.17, 15) is 9.90 Å². The fourth-order valence-electron chi connectivity index (χ4n) is 2.57. The summed E-state index contributed by atoms with van der Waals surface area (Å²) in [7, 11) is 0. The Kier molecular flexibility index (Phi) is 6.35. The monoisotopic (exact) mass is 309 g/mol. The van der Waals surface area contributed by atoms with Gasteiger partial charge in [-0.25, -0.2) is 9.80 Å². The predicted octanol–water partition coefficient (Wildman–Crippen LogP) is 1.52. The first-order valence-corrected chi connectivity index (χ1v) is 8.65. The minimum Gasteiger partial charge on any atom is -0.480 e. The van der Waals surface area contributed by atoms with Gasteiger partial charge in [-0.05, 0) is 30.6 Å². The highest BCUT2D eigenvalue weighted by Crippen LogP contribution is 2.22. The number of piperazine rings is 1. The van der Waals surface area contributed by atoms with Crippen LogP contribution in [0.25, 0.3) is 0 Å². The van der Waals surface area contributed by atoms with E-state index in [0.29, 0.717) is 6.42 Å². The summed E-state index contributed by atoms with van der Waals surface area (Å²) >= 11 is 1.69. The van der Waals surface area contributed by atoms with Gasteiger partial charge in [-0.1, -0.05) is 18.2 Å². The van der Waals surface area contributed by atoms with Crippen LogP contribution < -0.4 is 10.3 Å². The number of carbonyl (C=O) groups is 1. The molecule has 21 heavy (non-hydrogen) atoms. The maximum Gasteiger partial charge on any atom is 0.327 e. The number of anilines is 1. The van der Waals surface area contributed by atoms with Crippen molar-refractivity contribution in [1.29, 1.82) is 0 Å². The number of hydrazine groups is 1. The third kappa shape index (κ3) is 4.36. The Labute approximate surface area is 130 Å². The average Bonchev–Trinajstić information content (AvgIpc) is 2.53. The van der Waals surface area contributed by atoms with Gasteiger partial charge in [0.05, 0.1) is 5.69 Å². The Morgan fingerprint density at radius 2 is 2.05 bits per heavy atom. The molecule has 5 nitrogen and oxygen atoms in total. The zero-order valence-corrected chi connectivity index (χ0v) is 13.2. The summed E-state index contributed by atoms with van der Waals surface area (Å²) in [6.07, 6.45) is 2.64. The number of carboxylic acids is 1. The lowest BCUT2D eigenvalue weighted by Gasteiger charge is -2.42. The zero-order chi connectivity index (χ0) is 15.1. The Morgan fingerprint density at radius 1 is 1.38 bits per heavy atom. The van der Waals surface area contributed by atoms with Crippen molar-refractivity contribution < 1.29 is 9.90 Å². The first kappa shape index (κ1) is 16.1. The molecule has 1 aromatic carbocycles. The van der Waals surface area contributed by atoms with E-state index in [0.717, 1.165) is 37.6 Å². The third-order valence-electron chi connectivity index (χ3n) is 3.59. The fourth-order valence-corrected chi connectivity index (χ4v) is 3.03. The number of rotatable bonds is 7. The molecule has 1 fully saturated rings. The van der Waals surface area contributed by atoms with Crippen molar-refractivity contribution in [2.75, 3.05) is 43.2 Å². The van der Waals surface area contributed by atoms with Gasteiger partial charge in [-0.2, -0.15) is 11.8 Å². The highest BCUT2D eigenvalue weighted by atomic mass is 32.2. The van der Waals surface area contributed by atoms with Crippen LogP contribution in [0.2, 0.25) is 0 Å². The van der Waals surface area contributed by atoms with Crippen molar-refractivity contribution in [3.05, 3.63) is 30.3 Å². The largest absolute Gasteiger partial charge is 0.480 e. The molecule has 1 saturated heterocycles. The van der Waals surface area contributed by atoms with Gasteiger partial charge in [0.1, 0.15) is 6.04 Å². The second-order valence-electron chi connectivity index (χ2n) is 5.02. The molecule has 2 rings (SSSR count). The molecule has 116 valence electrons. The highest BCUT2D eigenvalue weighted by Gasteiger charge is 2.30. The van der Waals surface area contributed by atoms with E-state index in [1.54, 1.807) is 11.8 Å². The normalized spacial score (nSPS) is 17.4. The van der Waals surface area contributed by atoms with Gasteiger partial charge in [0.15, 0.2) is 0 Å². The summed E-state index contributed by atoms with van der Waals surface area (Å²) in [6.45, 7) is 3.44. The van der Waals surface area contributed by atoms with Crippen LogP contribution in [0, 0.1) is 0 Å². The Bertz CT molecular complexity index is 438. The van der Waals surface area contributed by atoms with Crippen molar-refractivity contribution in [3.63, 3.8) is 0 Å². The van der Waals surface area contributed by atoms with Crippen LogP contribution in [-0.4, -0.2) is 60.3 Å². The topological polar surface area (TPSA) is 55.8 Å². The van der Waals surface area contributed by atoms with E-state index < -0.39 is 12.0 Å². The number of nitrogens with zero attached hydrogens (tertiary/aromatic N) is 2. The number of nitrogens with one attached hydrogen (secondary N) is 1. The third-order valence-corrected chi connectivity index (χ3v) is 4.24. The molecular weight excluding hydrogens is 286 g/mol. The highest BCUT2D eigenvalue weighted by molar-refractivity contribution is 7.98. The van der Waals surface area contributed by atoms with E-state index >= 15 is 0 Å². The van der Waals surface area contributed by atoms with Crippen molar-refractivity contribution in [1.82, 2.24) is 10.3 Å². The molecule has 0 aromatic heterocycles. The van der Waals surface area contributed by atoms with Crippen LogP contribution >= 0.6 is 11.8 Å². The molecule has 0 radical (unpaired) electrons. The van der Waals surface area contributed by atoms with Gasteiger partial charge in [0.2, 0.25) is 0 Å². The Balaban J connectivity index is 2.26. The van der Waals surface area contributed by atoms with Gasteiger partial charge in [-0.15, -0.1) is 0 Å². The quantitative estimate of drug-likeness (QED) is 0.796. The molecule has 2 N–H and O–H groups in total. The van der Waals surface area contributed by atoms with E-state index in [2.05, 4.69) is 10.3 Å². The van der Waals surface area contributed by atoms with Crippen LogP contribution in [-0.2, 0) is 4.79 Å². The molecule has 6 heteroatoms.